The molecule has 5 nitrogen and oxygen atoms in total. The molecule has 0 bridgehead atoms. The van der Waals surface area contributed by atoms with Gasteiger partial charge in [0.25, 0.3) is 0 Å². The standard InChI is InChI=1S/C20H23N5S2/c1-12-3-6-15(9-13(12)2)21-19-22-16(10-26-19)11-27-20-24-23-18(14-4-5-14)25(20)17-7-8-17/h3,6,9-10,14,17H,4-5,7-8,11H2,1-2H3,(H,21,22). The molecule has 2 aliphatic carbocycles. The molecule has 2 aromatic heterocycles. The maximum Gasteiger partial charge on any atom is 0.191 e. The first kappa shape index (κ1) is 17.3. The third-order valence-corrected chi connectivity index (χ3v) is 6.99. The molecule has 140 valence electrons. The lowest BCUT2D eigenvalue weighted by Crippen LogP contribution is -2.02. The van der Waals surface area contributed by atoms with Gasteiger partial charge in [0.1, 0.15) is 5.82 Å². The lowest BCUT2D eigenvalue weighted by Gasteiger charge is -2.07. The molecule has 27 heavy (non-hydrogen) atoms. The van der Waals surface area contributed by atoms with Crippen molar-refractivity contribution in [1.29, 1.82) is 0 Å². The monoisotopic (exact) mass is 397 g/mol. The number of benzene rings is 1. The van der Waals surface area contributed by atoms with E-state index in [1.807, 2.05) is 0 Å². The van der Waals surface area contributed by atoms with Crippen molar-refractivity contribution < 1.29 is 0 Å². The Labute approximate surface area is 167 Å². The van der Waals surface area contributed by atoms with Crippen LogP contribution >= 0.6 is 23.1 Å². The maximum atomic E-state index is 4.75. The van der Waals surface area contributed by atoms with Gasteiger partial charge in [-0.25, -0.2) is 4.98 Å². The van der Waals surface area contributed by atoms with Gasteiger partial charge in [-0.15, -0.1) is 21.5 Å². The highest BCUT2D eigenvalue weighted by atomic mass is 32.2. The summed E-state index contributed by atoms with van der Waals surface area (Å²) < 4.78 is 2.41. The van der Waals surface area contributed by atoms with Crippen molar-refractivity contribution in [1.82, 2.24) is 19.7 Å². The molecular weight excluding hydrogens is 374 g/mol. The van der Waals surface area contributed by atoms with Crippen LogP contribution in [0.3, 0.4) is 0 Å². The number of nitrogens with zero attached hydrogens (tertiary/aromatic N) is 4. The van der Waals surface area contributed by atoms with Gasteiger partial charge in [0.05, 0.1) is 5.69 Å². The van der Waals surface area contributed by atoms with E-state index in [1.54, 1.807) is 23.1 Å². The van der Waals surface area contributed by atoms with E-state index >= 15 is 0 Å². The topological polar surface area (TPSA) is 55.6 Å². The molecule has 2 aliphatic rings. The van der Waals surface area contributed by atoms with Crippen LogP contribution in [0, 0.1) is 13.8 Å². The summed E-state index contributed by atoms with van der Waals surface area (Å²) in [5, 5.41) is 16.5. The second-order valence-corrected chi connectivity index (χ2v) is 9.37. The average molecular weight is 398 g/mol. The Morgan fingerprint density at radius 2 is 2.00 bits per heavy atom. The van der Waals surface area contributed by atoms with E-state index < -0.39 is 0 Å². The SMILES string of the molecule is Cc1ccc(Nc2nc(CSc3nnc(C4CC4)n3C3CC3)cs2)cc1C. The van der Waals surface area contributed by atoms with Crippen LogP contribution in [0.4, 0.5) is 10.8 Å². The zero-order chi connectivity index (χ0) is 18.4. The molecule has 0 unspecified atom stereocenters. The zero-order valence-electron chi connectivity index (χ0n) is 15.6. The fourth-order valence-corrected chi connectivity index (χ4v) is 4.94. The summed E-state index contributed by atoms with van der Waals surface area (Å²) in [5.74, 6) is 2.71. The first-order valence-corrected chi connectivity index (χ1v) is 11.4. The van der Waals surface area contributed by atoms with Crippen LogP contribution < -0.4 is 5.32 Å². The molecule has 2 heterocycles. The van der Waals surface area contributed by atoms with Crippen molar-refractivity contribution in [2.75, 3.05) is 5.32 Å². The minimum Gasteiger partial charge on any atom is -0.332 e. The van der Waals surface area contributed by atoms with Gasteiger partial charge in [-0.3, -0.25) is 0 Å². The molecule has 0 aliphatic heterocycles. The van der Waals surface area contributed by atoms with Gasteiger partial charge >= 0.3 is 0 Å². The molecule has 2 fully saturated rings. The van der Waals surface area contributed by atoms with Crippen molar-refractivity contribution in [3.8, 4) is 0 Å². The number of thiazole rings is 1. The van der Waals surface area contributed by atoms with Crippen LogP contribution in [0.5, 0.6) is 0 Å². The normalized spacial score (nSPS) is 16.7. The Kier molecular flexibility index (Phi) is 4.44. The number of aromatic nitrogens is 4. The number of aryl methyl sites for hydroxylation is 2. The number of hydrogen-bond acceptors (Lipinski definition) is 6. The number of rotatable bonds is 7. The Hall–Kier alpha value is -1.86. The van der Waals surface area contributed by atoms with Crippen LogP contribution in [0.15, 0.2) is 28.7 Å². The highest BCUT2D eigenvalue weighted by Gasteiger charge is 2.36. The largest absolute Gasteiger partial charge is 0.332 e. The predicted octanol–water partition coefficient (Wildman–Crippen LogP) is 5.60. The Bertz CT molecular complexity index is 969. The molecule has 5 rings (SSSR count). The molecule has 1 N–H and O–H groups in total. The van der Waals surface area contributed by atoms with Crippen LogP contribution in [-0.4, -0.2) is 19.7 Å². The van der Waals surface area contributed by atoms with Crippen molar-refractivity contribution in [2.24, 2.45) is 0 Å². The van der Waals surface area contributed by atoms with Gasteiger partial charge in [0.2, 0.25) is 0 Å². The van der Waals surface area contributed by atoms with Gasteiger partial charge in [-0.2, -0.15) is 0 Å². The molecule has 0 atom stereocenters. The van der Waals surface area contributed by atoms with E-state index in [4.69, 9.17) is 4.98 Å². The summed E-state index contributed by atoms with van der Waals surface area (Å²) in [6.45, 7) is 4.27. The molecular formula is C20H23N5S2. The van der Waals surface area contributed by atoms with Crippen molar-refractivity contribution >= 4 is 33.9 Å². The minimum absolute atomic E-state index is 0.635. The quantitative estimate of drug-likeness (QED) is 0.526. The summed E-state index contributed by atoms with van der Waals surface area (Å²) >= 11 is 3.42. The third kappa shape index (κ3) is 3.75. The summed E-state index contributed by atoms with van der Waals surface area (Å²) in [6.07, 6.45) is 5.09. The minimum atomic E-state index is 0.635. The first-order chi connectivity index (χ1) is 13.2. The predicted molar refractivity (Wildman–Crippen MR) is 111 cm³/mol. The lowest BCUT2D eigenvalue weighted by atomic mass is 10.1. The molecule has 3 aromatic rings. The van der Waals surface area contributed by atoms with Gasteiger partial charge in [-0.05, 0) is 62.8 Å². The van der Waals surface area contributed by atoms with Gasteiger partial charge in [0.15, 0.2) is 10.3 Å². The van der Waals surface area contributed by atoms with E-state index in [-0.39, 0.29) is 0 Å². The Balaban J connectivity index is 1.25. The van der Waals surface area contributed by atoms with Gasteiger partial charge in [0, 0.05) is 28.8 Å². The van der Waals surface area contributed by atoms with Crippen molar-refractivity contribution in [2.45, 2.75) is 62.4 Å². The van der Waals surface area contributed by atoms with Crippen molar-refractivity contribution in [3.63, 3.8) is 0 Å². The fraction of sp³-hybridized carbons (Fsp3) is 0.450. The van der Waals surface area contributed by atoms with E-state index in [9.17, 15) is 0 Å². The van der Waals surface area contributed by atoms with Crippen LogP contribution in [0.2, 0.25) is 0 Å². The molecule has 2 saturated carbocycles. The average Bonchev–Trinajstić information content (AvgIpc) is 3.59. The first-order valence-electron chi connectivity index (χ1n) is 9.53. The summed E-state index contributed by atoms with van der Waals surface area (Å²) in [4.78, 5) is 4.75. The highest BCUT2D eigenvalue weighted by molar-refractivity contribution is 7.98. The molecule has 1 aromatic carbocycles. The highest BCUT2D eigenvalue weighted by Crippen LogP contribution is 2.46. The molecule has 0 amide bonds. The summed E-state index contributed by atoms with van der Waals surface area (Å²) in [5.41, 5.74) is 4.78. The maximum absolute atomic E-state index is 4.75. The summed E-state index contributed by atoms with van der Waals surface area (Å²) in [6, 6.07) is 7.05. The van der Waals surface area contributed by atoms with Crippen molar-refractivity contribution in [3.05, 3.63) is 46.2 Å². The molecule has 0 spiro atoms. The number of thioether (sulfide) groups is 1. The summed E-state index contributed by atoms with van der Waals surface area (Å²) in [7, 11) is 0. The molecule has 0 saturated heterocycles. The van der Waals surface area contributed by atoms with Gasteiger partial charge in [-0.1, -0.05) is 17.8 Å². The van der Waals surface area contributed by atoms with Crippen LogP contribution in [0.1, 0.15) is 60.3 Å². The third-order valence-electron chi connectivity index (χ3n) is 5.20. The zero-order valence-corrected chi connectivity index (χ0v) is 17.2. The second kappa shape index (κ2) is 6.95. The lowest BCUT2D eigenvalue weighted by molar-refractivity contribution is 0.627. The Morgan fingerprint density at radius 3 is 2.74 bits per heavy atom. The van der Waals surface area contributed by atoms with Crippen LogP contribution in [0.25, 0.3) is 0 Å². The number of nitrogens with one attached hydrogen (secondary N) is 1. The Morgan fingerprint density at radius 1 is 1.15 bits per heavy atom. The molecule has 7 heteroatoms. The number of anilines is 2. The van der Waals surface area contributed by atoms with E-state index in [0.717, 1.165) is 27.4 Å². The second-order valence-electron chi connectivity index (χ2n) is 7.57. The molecule has 0 radical (unpaired) electrons. The van der Waals surface area contributed by atoms with E-state index in [2.05, 4.69) is 57.5 Å². The smallest absolute Gasteiger partial charge is 0.191 e. The fourth-order valence-electron chi connectivity index (χ4n) is 3.19. The van der Waals surface area contributed by atoms with Crippen LogP contribution in [-0.2, 0) is 5.75 Å². The van der Waals surface area contributed by atoms with E-state index in [0.29, 0.717) is 12.0 Å². The van der Waals surface area contributed by atoms with Gasteiger partial charge < -0.3 is 9.88 Å². The number of hydrogen-bond donors (Lipinski definition) is 1. The van der Waals surface area contributed by atoms with E-state index in [1.165, 1.54) is 42.6 Å².